The third-order valence-electron chi connectivity index (χ3n) is 3.65. The van der Waals surface area contributed by atoms with Gasteiger partial charge in [-0.15, -0.1) is 0 Å². The molecule has 1 N–H and O–H groups in total. The van der Waals surface area contributed by atoms with Crippen molar-refractivity contribution >= 4 is 26.8 Å². The van der Waals surface area contributed by atoms with Crippen LogP contribution >= 0.6 is 15.9 Å². The van der Waals surface area contributed by atoms with E-state index < -0.39 is 0 Å². The van der Waals surface area contributed by atoms with Crippen LogP contribution in [0.15, 0.2) is 65.3 Å². The van der Waals surface area contributed by atoms with E-state index in [9.17, 15) is 0 Å². The van der Waals surface area contributed by atoms with E-state index in [-0.39, 0.29) is 0 Å². The van der Waals surface area contributed by atoms with E-state index >= 15 is 0 Å². The van der Waals surface area contributed by atoms with Crippen LogP contribution < -0.4 is 5.32 Å². The Labute approximate surface area is 133 Å². The van der Waals surface area contributed by atoms with E-state index in [4.69, 9.17) is 0 Å². The van der Waals surface area contributed by atoms with Crippen molar-refractivity contribution in [3.05, 3.63) is 76.4 Å². The lowest BCUT2D eigenvalue weighted by Crippen LogP contribution is -2.18. The maximum Gasteiger partial charge on any atom is 0.0702 e. The highest BCUT2D eigenvalue weighted by atomic mass is 79.9. The Morgan fingerprint density at radius 3 is 2.81 bits per heavy atom. The summed E-state index contributed by atoms with van der Waals surface area (Å²) in [6.07, 6.45) is 1.83. The minimum atomic E-state index is 0.296. The van der Waals surface area contributed by atoms with Gasteiger partial charge in [-0.05, 0) is 42.3 Å². The molecule has 0 saturated heterocycles. The predicted octanol–water partition coefficient (Wildman–Crippen LogP) is 4.85. The van der Waals surface area contributed by atoms with E-state index in [0.29, 0.717) is 6.04 Å². The molecule has 1 heterocycles. The molecule has 3 aromatic rings. The van der Waals surface area contributed by atoms with Crippen LogP contribution in [0.1, 0.15) is 24.1 Å². The zero-order valence-corrected chi connectivity index (χ0v) is 13.5. The summed E-state index contributed by atoms with van der Waals surface area (Å²) in [7, 11) is 0. The van der Waals surface area contributed by atoms with Gasteiger partial charge in [0, 0.05) is 28.6 Å². The number of hydrogen-bond donors (Lipinski definition) is 1. The minimum absolute atomic E-state index is 0.296. The van der Waals surface area contributed by atoms with Crippen molar-refractivity contribution in [2.75, 3.05) is 0 Å². The molecule has 0 saturated carbocycles. The molecule has 0 unspecified atom stereocenters. The smallest absolute Gasteiger partial charge is 0.0702 e. The van der Waals surface area contributed by atoms with Gasteiger partial charge in [-0.1, -0.05) is 46.3 Å². The second kappa shape index (κ2) is 6.37. The third-order valence-corrected chi connectivity index (χ3v) is 4.37. The summed E-state index contributed by atoms with van der Waals surface area (Å²) in [6.45, 7) is 3.02. The fourth-order valence-electron chi connectivity index (χ4n) is 2.44. The first-order valence-corrected chi connectivity index (χ1v) is 7.85. The number of fused-ring (bicyclic) bond motifs is 1. The van der Waals surface area contributed by atoms with Crippen LogP contribution in [-0.2, 0) is 6.54 Å². The molecule has 1 atom stereocenters. The second-order valence-electron chi connectivity index (χ2n) is 5.15. The maximum atomic E-state index is 4.35. The zero-order valence-electron chi connectivity index (χ0n) is 11.9. The summed E-state index contributed by atoms with van der Waals surface area (Å²) in [4.78, 5) is 4.35. The standard InChI is InChI=1S/C18H17BrN2/c1-13(16-6-2-3-7-17(16)19)21-12-14-8-9-18-15(11-14)5-4-10-20-18/h2-11,13,21H,12H2,1H3/t13-/m0/s1. The normalized spacial score (nSPS) is 12.5. The van der Waals surface area contributed by atoms with Crippen molar-refractivity contribution in [2.24, 2.45) is 0 Å². The molecule has 0 spiro atoms. The molecule has 106 valence electrons. The van der Waals surface area contributed by atoms with Crippen molar-refractivity contribution in [2.45, 2.75) is 19.5 Å². The van der Waals surface area contributed by atoms with Crippen molar-refractivity contribution in [3.63, 3.8) is 0 Å². The first-order valence-electron chi connectivity index (χ1n) is 7.05. The number of nitrogens with zero attached hydrogens (tertiary/aromatic N) is 1. The lowest BCUT2D eigenvalue weighted by atomic mass is 10.1. The van der Waals surface area contributed by atoms with Crippen LogP contribution in [0.3, 0.4) is 0 Å². The molecule has 21 heavy (non-hydrogen) atoms. The topological polar surface area (TPSA) is 24.9 Å². The Balaban J connectivity index is 1.73. The van der Waals surface area contributed by atoms with E-state index in [2.05, 4.69) is 75.6 Å². The van der Waals surface area contributed by atoms with Crippen LogP contribution in [-0.4, -0.2) is 4.98 Å². The summed E-state index contributed by atoms with van der Waals surface area (Å²) >= 11 is 3.61. The van der Waals surface area contributed by atoms with Gasteiger partial charge in [-0.2, -0.15) is 0 Å². The molecule has 0 aliphatic rings. The van der Waals surface area contributed by atoms with Gasteiger partial charge < -0.3 is 5.32 Å². The molecule has 0 aliphatic carbocycles. The van der Waals surface area contributed by atoms with Crippen LogP contribution in [0.2, 0.25) is 0 Å². The Morgan fingerprint density at radius 1 is 1.10 bits per heavy atom. The SMILES string of the molecule is C[C@H](NCc1ccc2ncccc2c1)c1ccccc1Br. The van der Waals surface area contributed by atoms with Crippen molar-refractivity contribution < 1.29 is 0 Å². The molecule has 0 fully saturated rings. The summed E-state index contributed by atoms with van der Waals surface area (Å²) in [5, 5.41) is 4.76. The fourth-order valence-corrected chi connectivity index (χ4v) is 3.07. The molecule has 2 nitrogen and oxygen atoms in total. The summed E-state index contributed by atoms with van der Waals surface area (Å²) < 4.78 is 1.15. The van der Waals surface area contributed by atoms with Crippen molar-refractivity contribution in [1.29, 1.82) is 0 Å². The number of benzene rings is 2. The molecule has 0 bridgehead atoms. The number of halogens is 1. The number of aromatic nitrogens is 1. The highest BCUT2D eigenvalue weighted by Crippen LogP contribution is 2.23. The predicted molar refractivity (Wildman–Crippen MR) is 91.1 cm³/mol. The van der Waals surface area contributed by atoms with Crippen molar-refractivity contribution in [3.8, 4) is 0 Å². The van der Waals surface area contributed by atoms with Gasteiger partial charge in [0.05, 0.1) is 5.52 Å². The van der Waals surface area contributed by atoms with Gasteiger partial charge in [0.1, 0.15) is 0 Å². The van der Waals surface area contributed by atoms with Gasteiger partial charge in [0.25, 0.3) is 0 Å². The quantitative estimate of drug-likeness (QED) is 0.734. The van der Waals surface area contributed by atoms with Gasteiger partial charge >= 0.3 is 0 Å². The second-order valence-corrected chi connectivity index (χ2v) is 6.01. The zero-order chi connectivity index (χ0) is 14.7. The molecular weight excluding hydrogens is 324 g/mol. The summed E-state index contributed by atoms with van der Waals surface area (Å²) in [5.41, 5.74) is 3.59. The molecule has 2 aromatic carbocycles. The Kier molecular flexibility index (Phi) is 4.32. The number of hydrogen-bond acceptors (Lipinski definition) is 2. The van der Waals surface area contributed by atoms with E-state index in [1.807, 2.05) is 18.3 Å². The van der Waals surface area contributed by atoms with Gasteiger partial charge in [0.15, 0.2) is 0 Å². The molecular formula is C18H17BrN2. The van der Waals surface area contributed by atoms with Gasteiger partial charge in [0.2, 0.25) is 0 Å². The third kappa shape index (κ3) is 3.31. The highest BCUT2D eigenvalue weighted by molar-refractivity contribution is 9.10. The average Bonchev–Trinajstić information content (AvgIpc) is 2.53. The monoisotopic (exact) mass is 340 g/mol. The first kappa shape index (κ1) is 14.2. The highest BCUT2D eigenvalue weighted by Gasteiger charge is 2.08. The van der Waals surface area contributed by atoms with Crippen LogP contribution in [0, 0.1) is 0 Å². The first-order chi connectivity index (χ1) is 10.2. The van der Waals surface area contributed by atoms with E-state index in [1.54, 1.807) is 0 Å². The molecule has 3 rings (SSSR count). The fraction of sp³-hybridized carbons (Fsp3) is 0.167. The number of pyridine rings is 1. The van der Waals surface area contributed by atoms with Gasteiger partial charge in [-0.3, -0.25) is 4.98 Å². The Morgan fingerprint density at radius 2 is 1.95 bits per heavy atom. The Hall–Kier alpha value is -1.71. The molecule has 0 aliphatic heterocycles. The van der Waals surface area contributed by atoms with Crippen LogP contribution in [0.5, 0.6) is 0 Å². The maximum absolute atomic E-state index is 4.35. The summed E-state index contributed by atoms with van der Waals surface area (Å²) in [6, 6.07) is 19.1. The average molecular weight is 341 g/mol. The molecule has 1 aromatic heterocycles. The Bertz CT molecular complexity index is 755. The summed E-state index contributed by atoms with van der Waals surface area (Å²) in [5.74, 6) is 0. The lowest BCUT2D eigenvalue weighted by Gasteiger charge is -2.16. The molecule has 3 heteroatoms. The van der Waals surface area contributed by atoms with E-state index in [0.717, 1.165) is 16.5 Å². The van der Waals surface area contributed by atoms with Crippen molar-refractivity contribution in [1.82, 2.24) is 10.3 Å². The van der Waals surface area contributed by atoms with E-state index in [1.165, 1.54) is 16.5 Å². The van der Waals surface area contributed by atoms with Crippen LogP contribution in [0.25, 0.3) is 10.9 Å². The largest absolute Gasteiger partial charge is 0.306 e. The molecule has 0 radical (unpaired) electrons. The van der Waals surface area contributed by atoms with Gasteiger partial charge in [-0.25, -0.2) is 0 Å². The number of rotatable bonds is 4. The van der Waals surface area contributed by atoms with Crippen LogP contribution in [0.4, 0.5) is 0 Å². The lowest BCUT2D eigenvalue weighted by molar-refractivity contribution is 0.573. The number of nitrogens with one attached hydrogen (secondary N) is 1. The minimum Gasteiger partial charge on any atom is -0.306 e. The molecule has 0 amide bonds.